The Morgan fingerprint density at radius 1 is 1.28 bits per heavy atom. The molecule has 154 valence electrons. The normalized spacial score (nSPS) is 21.5. The van der Waals surface area contributed by atoms with E-state index in [1.54, 1.807) is 4.68 Å². The Morgan fingerprint density at radius 2 is 2.03 bits per heavy atom. The fourth-order valence-electron chi connectivity index (χ4n) is 4.73. The maximum absolute atomic E-state index is 13.0. The van der Waals surface area contributed by atoms with Gasteiger partial charge < -0.3 is 10.1 Å². The fraction of sp³-hybridized carbons (Fsp3) is 0.500. The molecule has 2 aromatic rings. The lowest BCUT2D eigenvalue weighted by molar-refractivity contribution is 0.171. The minimum absolute atomic E-state index is 0.165. The van der Waals surface area contributed by atoms with E-state index in [1.807, 2.05) is 6.92 Å². The van der Waals surface area contributed by atoms with Crippen molar-refractivity contribution in [1.82, 2.24) is 9.78 Å². The molecule has 8 nitrogen and oxygen atoms in total. The number of benzene rings is 1. The van der Waals surface area contributed by atoms with Crippen LogP contribution < -0.4 is 15.2 Å². The van der Waals surface area contributed by atoms with Crippen molar-refractivity contribution in [2.24, 2.45) is 15.4 Å². The van der Waals surface area contributed by atoms with Gasteiger partial charge in [0.05, 0.1) is 19.3 Å². The number of anilines is 1. The largest absolute Gasteiger partial charge is 0.477 e. The molecule has 1 aromatic heterocycles. The maximum Gasteiger partial charge on any atom is 0.354 e. The molecule has 9 heteroatoms. The zero-order valence-corrected chi connectivity index (χ0v) is 17.3. The van der Waals surface area contributed by atoms with Gasteiger partial charge in [-0.3, -0.25) is 0 Å². The van der Waals surface area contributed by atoms with E-state index in [4.69, 9.17) is 9.88 Å². The topological polar surface area (TPSA) is 112 Å². The highest BCUT2D eigenvalue weighted by atomic mass is 32.2. The number of aryl methyl sites for hydroxylation is 1. The van der Waals surface area contributed by atoms with E-state index in [-0.39, 0.29) is 4.90 Å². The predicted octanol–water partition coefficient (Wildman–Crippen LogP) is 2.82. The summed E-state index contributed by atoms with van der Waals surface area (Å²) in [5.74, 6) is 0.636. The Balaban J connectivity index is 1.45. The van der Waals surface area contributed by atoms with Crippen molar-refractivity contribution in [1.29, 1.82) is 0 Å². The van der Waals surface area contributed by atoms with Crippen molar-refractivity contribution in [3.63, 3.8) is 0 Å². The van der Waals surface area contributed by atoms with Crippen molar-refractivity contribution in [3.8, 4) is 5.88 Å². The van der Waals surface area contributed by atoms with Gasteiger partial charge in [0.15, 0.2) is 9.92 Å². The average Bonchev–Trinajstić information content (AvgIpc) is 3.39. The molecule has 0 saturated carbocycles. The van der Waals surface area contributed by atoms with Gasteiger partial charge in [0.1, 0.15) is 4.90 Å². The number of ether oxygens (including phenoxy) is 1. The minimum Gasteiger partial charge on any atom is -0.477 e. The van der Waals surface area contributed by atoms with Gasteiger partial charge in [0.2, 0.25) is 5.88 Å². The van der Waals surface area contributed by atoms with E-state index in [0.717, 1.165) is 44.2 Å². The smallest absolute Gasteiger partial charge is 0.354 e. The van der Waals surface area contributed by atoms with Crippen molar-refractivity contribution < 1.29 is 13.7 Å². The van der Waals surface area contributed by atoms with E-state index >= 15 is 0 Å². The molecule has 29 heavy (non-hydrogen) atoms. The molecule has 2 aliphatic carbocycles. The van der Waals surface area contributed by atoms with E-state index in [1.165, 1.54) is 28.5 Å². The monoisotopic (exact) mass is 415 g/mol. The minimum atomic E-state index is -3.47. The Morgan fingerprint density at radius 3 is 2.90 bits per heavy atom. The second-order valence-corrected chi connectivity index (χ2v) is 9.99. The standard InChI is InChI=1S/C20H25N5O3S/c1-12-10-25-19(28-11-12)18(9-22-25)29(21,27)24-20(26)23-17-8-13-4-2-5-14(13)15-6-3-7-16(15)17/h8-9,12H,2-7,10-11H2,1H3,(H3,21,23,24,26,27). The molecule has 0 radical (unpaired) electrons. The van der Waals surface area contributed by atoms with E-state index < -0.39 is 15.9 Å². The van der Waals surface area contributed by atoms with Crippen LogP contribution in [-0.2, 0) is 42.1 Å². The molecular formula is C20H25N5O3S. The number of nitrogens with two attached hydrogens (primary N) is 1. The van der Waals surface area contributed by atoms with Crippen LogP contribution in [0, 0.1) is 5.92 Å². The molecule has 5 rings (SSSR count). The molecule has 2 atom stereocenters. The summed E-state index contributed by atoms with van der Waals surface area (Å²) in [5.41, 5.74) is 6.13. The zero-order chi connectivity index (χ0) is 20.2. The number of urea groups is 1. The molecule has 2 heterocycles. The van der Waals surface area contributed by atoms with Gasteiger partial charge in [0, 0.05) is 11.6 Å². The summed E-state index contributed by atoms with van der Waals surface area (Å²) in [6, 6.07) is 1.36. The number of nitrogens with zero attached hydrogens (tertiary/aromatic N) is 3. The van der Waals surface area contributed by atoms with Gasteiger partial charge >= 0.3 is 6.03 Å². The summed E-state index contributed by atoms with van der Waals surface area (Å²) >= 11 is 0. The first kappa shape index (κ1) is 18.6. The highest BCUT2D eigenvalue weighted by Crippen LogP contribution is 2.38. The molecule has 0 spiro atoms. The lowest BCUT2D eigenvalue weighted by atomic mass is 9.98. The Hall–Kier alpha value is -2.39. The molecule has 1 aliphatic heterocycles. The average molecular weight is 416 g/mol. The van der Waals surface area contributed by atoms with Gasteiger partial charge in [0.25, 0.3) is 0 Å². The number of amides is 2. The van der Waals surface area contributed by atoms with Crippen molar-refractivity contribution in [3.05, 3.63) is 34.5 Å². The molecule has 3 aliphatic rings. The molecule has 0 saturated heterocycles. The molecule has 0 fully saturated rings. The number of fused-ring (bicyclic) bond motifs is 4. The van der Waals surface area contributed by atoms with Crippen LogP contribution in [0.5, 0.6) is 5.88 Å². The van der Waals surface area contributed by atoms with Crippen molar-refractivity contribution in [2.45, 2.75) is 56.9 Å². The Bertz CT molecular complexity index is 1130. The Labute approximate surface area is 170 Å². The van der Waals surface area contributed by atoms with Crippen LogP contribution in [0.1, 0.15) is 42.0 Å². The molecule has 1 aromatic carbocycles. The number of carbonyl (C=O) groups is 1. The molecule has 3 N–H and O–H groups in total. The van der Waals surface area contributed by atoms with E-state index in [0.29, 0.717) is 24.9 Å². The van der Waals surface area contributed by atoms with Crippen LogP contribution in [0.15, 0.2) is 21.5 Å². The van der Waals surface area contributed by atoms with Gasteiger partial charge in [-0.1, -0.05) is 6.92 Å². The van der Waals surface area contributed by atoms with Gasteiger partial charge in [-0.15, -0.1) is 4.36 Å². The first-order valence-corrected chi connectivity index (χ1v) is 11.7. The number of rotatable bonds is 2. The van der Waals surface area contributed by atoms with Gasteiger partial charge in [-0.05, 0) is 66.8 Å². The summed E-state index contributed by atoms with van der Waals surface area (Å²) in [5, 5.41) is 13.0. The summed E-state index contributed by atoms with van der Waals surface area (Å²) in [7, 11) is -3.47. The SMILES string of the molecule is CC1COc2c(S(N)(=O)=NC(=O)Nc3cc4c(c5c3CCC5)CCC4)cnn2C1. The molecule has 0 bridgehead atoms. The lowest BCUT2D eigenvalue weighted by Crippen LogP contribution is -2.25. The van der Waals surface area contributed by atoms with E-state index in [2.05, 4.69) is 20.8 Å². The van der Waals surface area contributed by atoms with Crippen LogP contribution >= 0.6 is 0 Å². The lowest BCUT2D eigenvalue weighted by Gasteiger charge is -2.21. The van der Waals surface area contributed by atoms with Crippen LogP contribution in [0.25, 0.3) is 0 Å². The number of hydrogen-bond acceptors (Lipinski definition) is 4. The summed E-state index contributed by atoms with van der Waals surface area (Å²) in [6.45, 7) is 3.18. The number of carbonyl (C=O) groups excluding carboxylic acids is 1. The van der Waals surface area contributed by atoms with Crippen molar-refractivity contribution in [2.75, 3.05) is 11.9 Å². The highest BCUT2D eigenvalue weighted by Gasteiger charge is 2.27. The van der Waals surface area contributed by atoms with Gasteiger partial charge in [-0.2, -0.15) is 5.10 Å². The fourth-order valence-corrected chi connectivity index (χ4v) is 5.73. The maximum atomic E-state index is 13.0. The molecular weight excluding hydrogens is 390 g/mol. The van der Waals surface area contributed by atoms with E-state index in [9.17, 15) is 9.00 Å². The zero-order valence-electron chi connectivity index (χ0n) is 16.4. The highest BCUT2D eigenvalue weighted by molar-refractivity contribution is 7.91. The van der Waals surface area contributed by atoms with Crippen LogP contribution in [0.2, 0.25) is 0 Å². The number of nitrogens with one attached hydrogen (secondary N) is 1. The third-order valence-corrected chi connectivity index (χ3v) is 7.36. The second-order valence-electron chi connectivity index (χ2n) is 8.23. The summed E-state index contributed by atoms with van der Waals surface area (Å²) in [6.07, 6.45) is 7.80. The second kappa shape index (κ2) is 6.84. The third-order valence-electron chi connectivity index (χ3n) is 6.01. The third kappa shape index (κ3) is 3.22. The molecule has 2 unspecified atom stereocenters. The Kier molecular flexibility index (Phi) is 4.40. The number of hydrogen-bond donors (Lipinski definition) is 2. The first-order valence-electron chi connectivity index (χ1n) is 10.1. The molecule has 2 amide bonds. The van der Waals surface area contributed by atoms with Crippen molar-refractivity contribution >= 4 is 21.6 Å². The number of aromatic nitrogens is 2. The first-order chi connectivity index (χ1) is 13.9. The van der Waals surface area contributed by atoms with Crippen LogP contribution in [-0.4, -0.2) is 26.6 Å². The van der Waals surface area contributed by atoms with Crippen LogP contribution in [0.4, 0.5) is 10.5 Å². The summed E-state index contributed by atoms with van der Waals surface area (Å²) in [4.78, 5) is 12.8. The predicted molar refractivity (Wildman–Crippen MR) is 109 cm³/mol. The van der Waals surface area contributed by atoms with Crippen LogP contribution in [0.3, 0.4) is 0 Å². The quantitative estimate of drug-likeness (QED) is 0.785. The summed E-state index contributed by atoms with van der Waals surface area (Å²) < 4.78 is 24.1. The van der Waals surface area contributed by atoms with Gasteiger partial charge in [-0.25, -0.2) is 18.8 Å².